The van der Waals surface area contributed by atoms with Crippen molar-refractivity contribution in [3.8, 4) is 5.75 Å². The maximum absolute atomic E-state index is 12.2. The van der Waals surface area contributed by atoms with E-state index in [9.17, 15) is 9.59 Å². The fourth-order valence-electron chi connectivity index (χ4n) is 2.89. The van der Waals surface area contributed by atoms with E-state index in [2.05, 4.69) is 13.8 Å². The molecule has 0 radical (unpaired) electrons. The molecule has 2 N–H and O–H groups in total. The quantitative estimate of drug-likeness (QED) is 0.916. The third-order valence-corrected chi connectivity index (χ3v) is 3.73. The molecule has 0 bridgehead atoms. The average Bonchev–Trinajstić information content (AvgIpc) is 2.43. The Morgan fingerprint density at radius 2 is 1.86 bits per heavy atom. The van der Waals surface area contributed by atoms with E-state index in [-0.39, 0.29) is 12.5 Å². The van der Waals surface area contributed by atoms with Gasteiger partial charge in [-0.15, -0.1) is 0 Å². The van der Waals surface area contributed by atoms with Crippen molar-refractivity contribution in [2.24, 2.45) is 17.6 Å². The van der Waals surface area contributed by atoms with Gasteiger partial charge < -0.3 is 15.4 Å². The molecule has 2 amide bonds. The van der Waals surface area contributed by atoms with Gasteiger partial charge in [0.2, 0.25) is 0 Å². The Morgan fingerprint density at radius 3 is 2.48 bits per heavy atom. The third kappa shape index (κ3) is 3.97. The summed E-state index contributed by atoms with van der Waals surface area (Å²) in [7, 11) is 0. The molecule has 2 atom stereocenters. The first kappa shape index (κ1) is 15.4. The second-order valence-electron chi connectivity index (χ2n) is 5.89. The van der Waals surface area contributed by atoms with Crippen LogP contribution in [0.3, 0.4) is 0 Å². The highest BCUT2D eigenvalue weighted by atomic mass is 16.5. The van der Waals surface area contributed by atoms with Crippen molar-refractivity contribution in [3.63, 3.8) is 0 Å². The predicted molar refractivity (Wildman–Crippen MR) is 80.0 cm³/mol. The van der Waals surface area contributed by atoms with Crippen LogP contribution in [0.15, 0.2) is 24.3 Å². The van der Waals surface area contributed by atoms with Gasteiger partial charge in [0.15, 0.2) is 6.61 Å². The predicted octanol–water partition coefficient (Wildman–Crippen LogP) is 1.67. The Kier molecular flexibility index (Phi) is 4.83. The number of likely N-dealkylation sites (tertiary alicyclic amines) is 1. The number of carbonyl (C=O) groups is 2. The molecule has 1 aliphatic rings. The van der Waals surface area contributed by atoms with Gasteiger partial charge in [0.1, 0.15) is 5.75 Å². The lowest BCUT2D eigenvalue weighted by atomic mass is 9.92. The number of para-hydroxylation sites is 1. The fraction of sp³-hybridized carbons (Fsp3) is 0.500. The van der Waals surface area contributed by atoms with Crippen molar-refractivity contribution in [2.75, 3.05) is 19.7 Å². The number of hydrogen-bond donors (Lipinski definition) is 1. The summed E-state index contributed by atoms with van der Waals surface area (Å²) in [6, 6.07) is 6.70. The van der Waals surface area contributed by atoms with Crippen LogP contribution >= 0.6 is 0 Å². The van der Waals surface area contributed by atoms with Crippen LogP contribution in [0.4, 0.5) is 0 Å². The molecule has 0 saturated carbocycles. The van der Waals surface area contributed by atoms with E-state index in [4.69, 9.17) is 10.5 Å². The lowest BCUT2D eigenvalue weighted by Gasteiger charge is -2.34. The molecule has 1 aromatic carbocycles. The number of rotatable bonds is 4. The number of amides is 2. The van der Waals surface area contributed by atoms with Gasteiger partial charge in [-0.05, 0) is 30.4 Å². The first-order chi connectivity index (χ1) is 9.97. The standard InChI is InChI=1S/C16H22N2O3/c1-11-7-12(2)9-18(8-11)15(19)10-21-14-6-4-3-5-13(14)16(17)20/h3-6,11-12H,7-10H2,1-2H3,(H2,17,20)/t11-,12-/m0/s1. The van der Waals surface area contributed by atoms with Crippen LogP contribution < -0.4 is 10.5 Å². The number of nitrogens with zero attached hydrogens (tertiary/aromatic N) is 1. The minimum absolute atomic E-state index is 0.0485. The number of hydrogen-bond acceptors (Lipinski definition) is 3. The van der Waals surface area contributed by atoms with Crippen LogP contribution in [0.5, 0.6) is 5.75 Å². The molecule has 5 heteroatoms. The smallest absolute Gasteiger partial charge is 0.260 e. The summed E-state index contributed by atoms with van der Waals surface area (Å²) < 4.78 is 5.49. The van der Waals surface area contributed by atoms with Crippen molar-refractivity contribution in [1.82, 2.24) is 4.90 Å². The Balaban J connectivity index is 1.97. The molecular formula is C16H22N2O3. The summed E-state index contributed by atoms with van der Waals surface area (Å²) >= 11 is 0. The molecule has 1 aliphatic heterocycles. The molecular weight excluding hydrogens is 268 g/mol. The molecule has 0 aliphatic carbocycles. The van der Waals surface area contributed by atoms with Gasteiger partial charge in [-0.3, -0.25) is 9.59 Å². The lowest BCUT2D eigenvalue weighted by Crippen LogP contribution is -2.44. The molecule has 1 fully saturated rings. The highest BCUT2D eigenvalue weighted by Gasteiger charge is 2.25. The van der Waals surface area contributed by atoms with Gasteiger partial charge in [-0.25, -0.2) is 0 Å². The summed E-state index contributed by atoms with van der Waals surface area (Å²) in [6.45, 7) is 5.77. The molecule has 2 rings (SSSR count). The Labute approximate surface area is 125 Å². The number of primary amides is 1. The first-order valence-electron chi connectivity index (χ1n) is 7.26. The number of ether oxygens (including phenoxy) is 1. The van der Waals surface area contributed by atoms with E-state index in [1.807, 2.05) is 4.90 Å². The summed E-state index contributed by atoms with van der Waals surface area (Å²) in [5.74, 6) is 0.772. The van der Waals surface area contributed by atoms with E-state index in [1.54, 1.807) is 24.3 Å². The maximum Gasteiger partial charge on any atom is 0.260 e. The van der Waals surface area contributed by atoms with E-state index in [1.165, 1.54) is 0 Å². The van der Waals surface area contributed by atoms with Crippen LogP contribution in [-0.4, -0.2) is 36.4 Å². The highest BCUT2D eigenvalue weighted by molar-refractivity contribution is 5.95. The minimum Gasteiger partial charge on any atom is -0.483 e. The molecule has 1 aromatic rings. The van der Waals surface area contributed by atoms with Crippen LogP contribution in [0.2, 0.25) is 0 Å². The monoisotopic (exact) mass is 290 g/mol. The lowest BCUT2D eigenvalue weighted by molar-refractivity contribution is -0.136. The number of carbonyl (C=O) groups excluding carboxylic acids is 2. The Hall–Kier alpha value is -2.04. The largest absolute Gasteiger partial charge is 0.483 e. The van der Waals surface area contributed by atoms with Crippen LogP contribution in [0.1, 0.15) is 30.6 Å². The van der Waals surface area contributed by atoms with Crippen molar-refractivity contribution in [3.05, 3.63) is 29.8 Å². The second-order valence-corrected chi connectivity index (χ2v) is 5.89. The van der Waals surface area contributed by atoms with E-state index < -0.39 is 5.91 Å². The fourth-order valence-corrected chi connectivity index (χ4v) is 2.89. The van der Waals surface area contributed by atoms with Crippen LogP contribution in [0, 0.1) is 11.8 Å². The van der Waals surface area contributed by atoms with E-state index in [0.717, 1.165) is 19.5 Å². The number of nitrogens with two attached hydrogens (primary N) is 1. The van der Waals surface area contributed by atoms with Gasteiger partial charge in [0.25, 0.3) is 11.8 Å². The minimum atomic E-state index is -0.557. The zero-order valence-electron chi connectivity index (χ0n) is 12.5. The number of benzene rings is 1. The topological polar surface area (TPSA) is 72.6 Å². The Bertz CT molecular complexity index is 520. The van der Waals surface area contributed by atoms with Gasteiger partial charge in [0.05, 0.1) is 5.56 Å². The molecule has 0 spiro atoms. The summed E-state index contributed by atoms with van der Waals surface area (Å²) in [6.07, 6.45) is 1.15. The molecule has 1 heterocycles. The molecule has 21 heavy (non-hydrogen) atoms. The SMILES string of the molecule is C[C@H]1C[C@H](C)CN(C(=O)COc2ccccc2C(N)=O)C1. The molecule has 0 aromatic heterocycles. The van der Waals surface area contributed by atoms with Crippen LogP contribution in [0.25, 0.3) is 0 Å². The van der Waals surface area contributed by atoms with Crippen molar-refractivity contribution < 1.29 is 14.3 Å². The second kappa shape index (κ2) is 6.61. The molecule has 114 valence electrons. The van der Waals surface area contributed by atoms with E-state index in [0.29, 0.717) is 23.1 Å². The zero-order valence-corrected chi connectivity index (χ0v) is 12.5. The Morgan fingerprint density at radius 1 is 1.24 bits per heavy atom. The van der Waals surface area contributed by atoms with Gasteiger partial charge in [-0.1, -0.05) is 26.0 Å². The molecule has 1 saturated heterocycles. The zero-order chi connectivity index (χ0) is 15.4. The van der Waals surface area contributed by atoms with Gasteiger partial charge in [0, 0.05) is 13.1 Å². The van der Waals surface area contributed by atoms with Crippen molar-refractivity contribution in [1.29, 1.82) is 0 Å². The summed E-state index contributed by atoms with van der Waals surface area (Å²) in [4.78, 5) is 25.4. The van der Waals surface area contributed by atoms with Gasteiger partial charge in [-0.2, -0.15) is 0 Å². The first-order valence-corrected chi connectivity index (χ1v) is 7.26. The highest BCUT2D eigenvalue weighted by Crippen LogP contribution is 2.22. The third-order valence-electron chi connectivity index (χ3n) is 3.73. The van der Waals surface area contributed by atoms with E-state index >= 15 is 0 Å². The van der Waals surface area contributed by atoms with Crippen molar-refractivity contribution >= 4 is 11.8 Å². The molecule has 0 unspecified atom stereocenters. The summed E-state index contributed by atoms with van der Waals surface area (Å²) in [5.41, 5.74) is 5.58. The van der Waals surface area contributed by atoms with Gasteiger partial charge >= 0.3 is 0 Å². The normalized spacial score (nSPS) is 21.9. The maximum atomic E-state index is 12.2. The van der Waals surface area contributed by atoms with Crippen molar-refractivity contribution in [2.45, 2.75) is 20.3 Å². The van der Waals surface area contributed by atoms with Crippen LogP contribution in [-0.2, 0) is 4.79 Å². The average molecular weight is 290 g/mol. The summed E-state index contributed by atoms with van der Waals surface area (Å²) in [5, 5.41) is 0. The number of piperidine rings is 1. The molecule has 5 nitrogen and oxygen atoms in total.